The smallest absolute Gasteiger partial charge is 0.267 e. The minimum atomic E-state index is -3.63. The van der Waals surface area contributed by atoms with Gasteiger partial charge in [0.15, 0.2) is 0 Å². The number of carbonyl (C=O) groups excluding carboxylic acids is 1. The average Bonchev–Trinajstić information content (AvgIpc) is 2.73. The molecule has 0 spiro atoms. The first kappa shape index (κ1) is 20.2. The molecule has 1 heterocycles. The van der Waals surface area contributed by atoms with Crippen molar-refractivity contribution in [3.63, 3.8) is 0 Å². The number of hydrazone groups is 1. The molecule has 1 aromatic heterocycles. The fourth-order valence-electron chi connectivity index (χ4n) is 2.69. The summed E-state index contributed by atoms with van der Waals surface area (Å²) in [4.78, 5) is 16.6. The second-order valence-electron chi connectivity index (χ2n) is 6.26. The number of hydrogen-bond acceptors (Lipinski definition) is 5. The molecule has 0 saturated carbocycles. The van der Waals surface area contributed by atoms with Crippen LogP contribution in [0.1, 0.15) is 21.5 Å². The topological polar surface area (TPSA) is 91.7 Å². The number of hydrogen-bond donors (Lipinski definition) is 1. The summed E-state index contributed by atoms with van der Waals surface area (Å²) < 4.78 is 26.1. The molecule has 3 rings (SSSR count). The predicted molar refractivity (Wildman–Crippen MR) is 113 cm³/mol. The number of sulfonamides is 1. The lowest BCUT2D eigenvalue weighted by molar-refractivity contribution is 0.0956. The van der Waals surface area contributed by atoms with Crippen LogP contribution in [0.4, 0.5) is 5.69 Å². The molecule has 0 aliphatic heterocycles. The van der Waals surface area contributed by atoms with E-state index in [0.717, 1.165) is 17.4 Å². The van der Waals surface area contributed by atoms with Crippen molar-refractivity contribution in [3.8, 4) is 0 Å². The van der Waals surface area contributed by atoms with Crippen molar-refractivity contribution >= 4 is 27.8 Å². The highest BCUT2D eigenvalue weighted by Crippen LogP contribution is 2.25. The second kappa shape index (κ2) is 9.11. The number of para-hydroxylation sites is 1. The van der Waals surface area contributed by atoms with Gasteiger partial charge in [-0.3, -0.25) is 14.1 Å². The lowest BCUT2D eigenvalue weighted by Crippen LogP contribution is -2.32. The number of benzene rings is 2. The summed E-state index contributed by atoms with van der Waals surface area (Å²) in [6.45, 7) is 0.114. The van der Waals surface area contributed by atoms with E-state index in [4.69, 9.17) is 0 Å². The van der Waals surface area contributed by atoms with Crippen LogP contribution in [-0.4, -0.2) is 31.8 Å². The molecule has 29 heavy (non-hydrogen) atoms. The fraction of sp³-hybridized carbons (Fsp3) is 0.0952. The maximum absolute atomic E-state index is 12.7. The van der Waals surface area contributed by atoms with E-state index in [1.807, 2.05) is 30.3 Å². The van der Waals surface area contributed by atoms with Gasteiger partial charge in [-0.25, -0.2) is 13.8 Å². The molecule has 0 atom stereocenters. The van der Waals surface area contributed by atoms with Gasteiger partial charge >= 0.3 is 0 Å². The number of aromatic nitrogens is 1. The van der Waals surface area contributed by atoms with Crippen LogP contribution in [0.15, 0.2) is 84.2 Å². The van der Waals surface area contributed by atoms with Gasteiger partial charge in [0.1, 0.15) is 0 Å². The van der Waals surface area contributed by atoms with Gasteiger partial charge in [-0.1, -0.05) is 48.5 Å². The van der Waals surface area contributed by atoms with Crippen molar-refractivity contribution in [2.75, 3.05) is 10.6 Å². The first-order valence-corrected chi connectivity index (χ1v) is 10.6. The molecule has 1 N–H and O–H groups in total. The van der Waals surface area contributed by atoms with Crippen LogP contribution >= 0.6 is 0 Å². The lowest BCUT2D eigenvalue weighted by Gasteiger charge is -2.24. The average molecular weight is 408 g/mol. The predicted octanol–water partition coefficient (Wildman–Crippen LogP) is 2.81. The third-order valence-electron chi connectivity index (χ3n) is 4.05. The number of nitrogens with zero attached hydrogens (tertiary/aromatic N) is 3. The zero-order valence-corrected chi connectivity index (χ0v) is 16.6. The van der Waals surface area contributed by atoms with Crippen LogP contribution in [0.2, 0.25) is 0 Å². The van der Waals surface area contributed by atoms with Crippen molar-refractivity contribution in [3.05, 3.63) is 95.8 Å². The van der Waals surface area contributed by atoms with E-state index in [0.29, 0.717) is 0 Å². The Labute approximate surface area is 169 Å². The lowest BCUT2D eigenvalue weighted by atomic mass is 10.1. The first-order chi connectivity index (χ1) is 13.9. The summed E-state index contributed by atoms with van der Waals surface area (Å²) in [7, 11) is -3.63. The van der Waals surface area contributed by atoms with Crippen molar-refractivity contribution in [2.24, 2.45) is 5.10 Å². The van der Waals surface area contributed by atoms with Crippen molar-refractivity contribution in [2.45, 2.75) is 6.54 Å². The third-order valence-corrected chi connectivity index (χ3v) is 5.18. The van der Waals surface area contributed by atoms with Gasteiger partial charge < -0.3 is 0 Å². The monoisotopic (exact) mass is 408 g/mol. The molecule has 0 radical (unpaired) electrons. The van der Waals surface area contributed by atoms with E-state index in [1.165, 1.54) is 10.5 Å². The molecule has 0 aliphatic rings. The summed E-state index contributed by atoms with van der Waals surface area (Å²) in [5, 5.41) is 3.93. The highest BCUT2D eigenvalue weighted by Gasteiger charge is 2.23. The molecular formula is C21H20N4O3S. The molecule has 0 fully saturated rings. The molecule has 3 aromatic rings. The molecule has 8 heteroatoms. The maximum Gasteiger partial charge on any atom is 0.273 e. The summed E-state index contributed by atoms with van der Waals surface area (Å²) in [6, 6.07) is 19.3. The van der Waals surface area contributed by atoms with E-state index in [9.17, 15) is 13.2 Å². The van der Waals surface area contributed by atoms with Gasteiger partial charge in [0.25, 0.3) is 5.91 Å². The van der Waals surface area contributed by atoms with E-state index in [2.05, 4.69) is 15.5 Å². The Morgan fingerprint density at radius 2 is 1.79 bits per heavy atom. The quantitative estimate of drug-likeness (QED) is 0.481. The van der Waals surface area contributed by atoms with E-state index in [-0.39, 0.29) is 17.8 Å². The normalized spacial score (nSPS) is 11.3. The largest absolute Gasteiger partial charge is 0.273 e. The van der Waals surface area contributed by atoms with E-state index >= 15 is 0 Å². The Hall–Kier alpha value is -3.52. The molecule has 148 valence electrons. The minimum absolute atomic E-state index is 0.114. The third kappa shape index (κ3) is 5.49. The number of nitrogens with one attached hydrogen (secondary N) is 1. The van der Waals surface area contributed by atoms with Crippen molar-refractivity contribution in [1.82, 2.24) is 10.4 Å². The molecule has 7 nitrogen and oxygen atoms in total. The summed E-state index contributed by atoms with van der Waals surface area (Å²) >= 11 is 0. The molecular weight excluding hydrogens is 388 g/mol. The molecule has 0 saturated heterocycles. The number of anilines is 1. The second-order valence-corrected chi connectivity index (χ2v) is 8.16. The van der Waals surface area contributed by atoms with Gasteiger partial charge in [-0.05, 0) is 23.8 Å². The fourth-order valence-corrected chi connectivity index (χ4v) is 3.59. The van der Waals surface area contributed by atoms with Crippen LogP contribution in [-0.2, 0) is 16.6 Å². The highest BCUT2D eigenvalue weighted by molar-refractivity contribution is 7.92. The van der Waals surface area contributed by atoms with Crippen LogP contribution < -0.4 is 9.73 Å². The summed E-state index contributed by atoms with van der Waals surface area (Å²) in [5.41, 5.74) is 4.46. The van der Waals surface area contributed by atoms with Gasteiger partial charge in [0.2, 0.25) is 10.0 Å². The summed E-state index contributed by atoms with van der Waals surface area (Å²) in [6.07, 6.45) is 5.82. The van der Waals surface area contributed by atoms with Gasteiger partial charge in [0.05, 0.1) is 30.3 Å². The van der Waals surface area contributed by atoms with Gasteiger partial charge in [-0.2, -0.15) is 5.10 Å². The number of amides is 1. The first-order valence-electron chi connectivity index (χ1n) is 8.79. The number of pyridine rings is 1. The molecule has 1 amide bonds. The van der Waals surface area contributed by atoms with Crippen molar-refractivity contribution in [1.29, 1.82) is 0 Å². The Morgan fingerprint density at radius 1 is 1.07 bits per heavy atom. The SMILES string of the molecule is CS(=O)(=O)N(Cc1ccccc1)c1ccccc1C(=O)N/N=C/c1cccnc1. The Kier molecular flexibility index (Phi) is 6.36. The van der Waals surface area contributed by atoms with Crippen LogP contribution in [0, 0.1) is 0 Å². The van der Waals surface area contributed by atoms with Crippen LogP contribution in [0.5, 0.6) is 0 Å². The summed E-state index contributed by atoms with van der Waals surface area (Å²) in [5.74, 6) is -0.512. The zero-order chi connectivity index (χ0) is 20.7. The number of carbonyl (C=O) groups is 1. The number of rotatable bonds is 7. The molecule has 0 bridgehead atoms. The molecule has 2 aromatic carbocycles. The van der Waals surface area contributed by atoms with Crippen molar-refractivity contribution < 1.29 is 13.2 Å². The van der Waals surface area contributed by atoms with Gasteiger partial charge in [-0.15, -0.1) is 0 Å². The minimum Gasteiger partial charge on any atom is -0.267 e. The Morgan fingerprint density at radius 3 is 2.48 bits per heavy atom. The van der Waals surface area contributed by atoms with E-state index in [1.54, 1.807) is 48.8 Å². The van der Waals surface area contributed by atoms with Crippen LogP contribution in [0.25, 0.3) is 0 Å². The highest BCUT2D eigenvalue weighted by atomic mass is 32.2. The van der Waals surface area contributed by atoms with E-state index < -0.39 is 15.9 Å². The Balaban J connectivity index is 1.87. The standard InChI is InChI=1S/C21H20N4O3S/c1-29(27,28)25(16-17-8-3-2-4-9-17)20-12-6-5-11-19(20)21(26)24-23-15-18-10-7-13-22-14-18/h2-15H,16H2,1H3,(H,24,26)/b23-15+. The zero-order valence-electron chi connectivity index (χ0n) is 15.8. The van der Waals surface area contributed by atoms with Crippen LogP contribution in [0.3, 0.4) is 0 Å². The van der Waals surface area contributed by atoms with Gasteiger partial charge in [0, 0.05) is 18.0 Å². The maximum atomic E-state index is 12.7. The molecule has 0 unspecified atom stereocenters. The Bertz CT molecular complexity index is 1100. The molecule has 0 aliphatic carbocycles.